The molecule has 3 heterocycles. The minimum absolute atomic E-state index is 0.0413. The molecular weight excluding hydrogens is 571 g/mol. The average molecular weight is 594 g/mol. The number of hydrogen-bond acceptors (Lipinski definition) is 7. The van der Waals surface area contributed by atoms with Crippen LogP contribution in [0.2, 0.25) is 5.02 Å². The summed E-state index contributed by atoms with van der Waals surface area (Å²) in [5, 5.41) is 18.7. The van der Waals surface area contributed by atoms with Crippen LogP contribution in [0.15, 0.2) is 59.7 Å². The molecule has 1 aliphatic rings. The Bertz CT molecular complexity index is 1590. The highest BCUT2D eigenvalue weighted by molar-refractivity contribution is 8.00. The number of thioether (sulfide) groups is 1. The molecule has 2 atom stereocenters. The molecule has 1 amide bonds. The molecule has 15 heteroatoms. The van der Waals surface area contributed by atoms with Crippen molar-refractivity contribution in [1.82, 2.24) is 34.0 Å². The lowest BCUT2D eigenvalue weighted by molar-refractivity contribution is -0.207. The summed E-state index contributed by atoms with van der Waals surface area (Å²) in [6.07, 6.45) is -6.33. The fourth-order valence-corrected chi connectivity index (χ4v) is 5.44. The second-order valence-electron chi connectivity index (χ2n) is 9.03. The van der Waals surface area contributed by atoms with Crippen molar-refractivity contribution in [3.63, 3.8) is 0 Å². The SMILES string of the molecule is CC1SCCN1C(=O)c1ccccc1-n1cnc(Cn2nc(-c3ccc(Cl)cc3)n(CC(O)C(F)(F)F)c2=O)n1. The topological polar surface area (TPSA) is 111 Å². The summed E-state index contributed by atoms with van der Waals surface area (Å²) < 4.78 is 42.4. The number of carbonyl (C=O) groups is 1. The third kappa shape index (κ3) is 5.64. The molecule has 1 aliphatic heterocycles. The molecule has 0 aliphatic carbocycles. The predicted molar refractivity (Wildman–Crippen MR) is 142 cm³/mol. The molecule has 40 heavy (non-hydrogen) atoms. The van der Waals surface area contributed by atoms with Crippen molar-refractivity contribution < 1.29 is 23.1 Å². The first-order valence-corrected chi connectivity index (χ1v) is 13.6. The minimum Gasteiger partial charge on any atom is -0.382 e. The van der Waals surface area contributed by atoms with Gasteiger partial charge in [0.15, 0.2) is 17.8 Å². The van der Waals surface area contributed by atoms with Gasteiger partial charge in [-0.15, -0.1) is 22.0 Å². The molecule has 5 rings (SSSR count). The number of para-hydroxylation sites is 1. The quantitative estimate of drug-likeness (QED) is 0.349. The standard InChI is InChI=1S/C25H23ClF3N7O3S/c1-15-33(10-11-40-15)23(38)18-4-2-3-5-19(18)36-14-30-21(31-36)13-35-24(39)34(12-20(37)25(27,28)29)22(32-35)16-6-8-17(26)9-7-16/h2-9,14-15,20,37H,10-13H2,1H3. The van der Waals surface area contributed by atoms with E-state index in [-0.39, 0.29) is 29.5 Å². The smallest absolute Gasteiger partial charge is 0.382 e. The Hall–Kier alpha value is -3.62. The maximum atomic E-state index is 13.2. The third-order valence-electron chi connectivity index (χ3n) is 6.36. The molecule has 4 aromatic rings. The Labute approximate surface area is 235 Å². The van der Waals surface area contributed by atoms with Gasteiger partial charge in [-0.2, -0.15) is 13.2 Å². The fraction of sp³-hybridized carbons (Fsp3) is 0.320. The summed E-state index contributed by atoms with van der Waals surface area (Å²) in [6, 6.07) is 13.0. The van der Waals surface area contributed by atoms with Gasteiger partial charge in [-0.25, -0.2) is 19.1 Å². The van der Waals surface area contributed by atoms with Gasteiger partial charge in [-0.05, 0) is 43.3 Å². The average Bonchev–Trinajstić information content (AvgIpc) is 3.64. The van der Waals surface area contributed by atoms with E-state index in [2.05, 4.69) is 15.2 Å². The number of aromatic nitrogens is 6. The Kier molecular flexibility index (Phi) is 7.75. The molecule has 2 aromatic carbocycles. The van der Waals surface area contributed by atoms with Gasteiger partial charge in [-0.1, -0.05) is 23.7 Å². The van der Waals surface area contributed by atoms with Gasteiger partial charge in [0.1, 0.15) is 12.9 Å². The number of carbonyl (C=O) groups excluding carboxylic acids is 1. The lowest BCUT2D eigenvalue weighted by atomic mass is 10.1. The second-order valence-corrected chi connectivity index (χ2v) is 10.9. The zero-order valence-corrected chi connectivity index (χ0v) is 22.6. The van der Waals surface area contributed by atoms with E-state index in [9.17, 15) is 27.9 Å². The van der Waals surface area contributed by atoms with Crippen LogP contribution in [0.4, 0.5) is 13.2 Å². The molecule has 10 nitrogen and oxygen atoms in total. The van der Waals surface area contributed by atoms with Crippen LogP contribution in [-0.2, 0) is 13.1 Å². The molecule has 1 saturated heterocycles. The number of nitrogens with zero attached hydrogens (tertiary/aromatic N) is 7. The Morgan fingerprint density at radius 3 is 2.58 bits per heavy atom. The minimum atomic E-state index is -4.94. The largest absolute Gasteiger partial charge is 0.416 e. The molecule has 0 spiro atoms. The normalized spacial score (nSPS) is 16.4. The fourth-order valence-electron chi connectivity index (χ4n) is 4.29. The van der Waals surface area contributed by atoms with Crippen LogP contribution in [0.1, 0.15) is 23.1 Å². The number of hydrogen-bond donors (Lipinski definition) is 1. The van der Waals surface area contributed by atoms with Gasteiger partial charge in [0.2, 0.25) is 0 Å². The number of halogens is 4. The number of amides is 1. The van der Waals surface area contributed by atoms with Gasteiger partial charge in [0, 0.05) is 22.9 Å². The van der Waals surface area contributed by atoms with Gasteiger partial charge in [-0.3, -0.25) is 9.36 Å². The lowest BCUT2D eigenvalue weighted by Crippen LogP contribution is -2.37. The van der Waals surface area contributed by atoms with Gasteiger partial charge in [0.25, 0.3) is 5.91 Å². The summed E-state index contributed by atoms with van der Waals surface area (Å²) in [5.74, 6) is 0.758. The van der Waals surface area contributed by atoms with Crippen molar-refractivity contribution in [1.29, 1.82) is 0 Å². The number of aliphatic hydroxyl groups excluding tert-OH is 1. The third-order valence-corrected chi connectivity index (χ3v) is 7.77. The summed E-state index contributed by atoms with van der Waals surface area (Å²) in [6.45, 7) is 1.28. The van der Waals surface area contributed by atoms with Crippen molar-refractivity contribution in [2.75, 3.05) is 12.3 Å². The monoisotopic (exact) mass is 593 g/mol. The summed E-state index contributed by atoms with van der Waals surface area (Å²) in [4.78, 5) is 32.4. The number of benzene rings is 2. The van der Waals surface area contributed by atoms with Gasteiger partial charge < -0.3 is 10.0 Å². The number of alkyl halides is 3. The van der Waals surface area contributed by atoms with E-state index in [1.807, 2.05) is 6.92 Å². The first-order valence-electron chi connectivity index (χ1n) is 12.1. The molecule has 0 saturated carbocycles. The molecule has 0 radical (unpaired) electrons. The van der Waals surface area contributed by atoms with E-state index in [4.69, 9.17) is 11.6 Å². The maximum absolute atomic E-state index is 13.2. The highest BCUT2D eigenvalue weighted by atomic mass is 35.5. The zero-order chi connectivity index (χ0) is 28.6. The Morgan fingerprint density at radius 2 is 1.90 bits per heavy atom. The van der Waals surface area contributed by atoms with Crippen LogP contribution in [0.25, 0.3) is 17.1 Å². The molecule has 1 fully saturated rings. The summed E-state index contributed by atoms with van der Waals surface area (Å²) in [7, 11) is 0. The molecule has 2 aromatic heterocycles. The van der Waals surface area contributed by atoms with Crippen molar-refractivity contribution in [3.05, 3.63) is 81.8 Å². The Balaban J connectivity index is 1.46. The van der Waals surface area contributed by atoms with Crippen LogP contribution in [-0.4, -0.2) is 75.0 Å². The summed E-state index contributed by atoms with van der Waals surface area (Å²) >= 11 is 7.62. The molecule has 210 valence electrons. The van der Waals surface area contributed by atoms with Crippen LogP contribution in [0.3, 0.4) is 0 Å². The van der Waals surface area contributed by atoms with Crippen LogP contribution in [0.5, 0.6) is 0 Å². The van der Waals surface area contributed by atoms with E-state index in [1.54, 1.807) is 40.9 Å². The van der Waals surface area contributed by atoms with E-state index < -0.39 is 24.5 Å². The van der Waals surface area contributed by atoms with Gasteiger partial charge >= 0.3 is 11.9 Å². The van der Waals surface area contributed by atoms with Crippen molar-refractivity contribution in [2.24, 2.45) is 0 Å². The van der Waals surface area contributed by atoms with E-state index in [0.29, 0.717) is 28.4 Å². The van der Waals surface area contributed by atoms with Crippen LogP contribution in [0, 0.1) is 0 Å². The molecule has 2 unspecified atom stereocenters. The van der Waals surface area contributed by atoms with Crippen molar-refractivity contribution >= 4 is 29.3 Å². The lowest BCUT2D eigenvalue weighted by Gasteiger charge is -2.21. The molecule has 0 bridgehead atoms. The number of rotatable bonds is 7. The highest BCUT2D eigenvalue weighted by Crippen LogP contribution is 2.27. The zero-order valence-electron chi connectivity index (χ0n) is 21.0. The molecule has 1 N–H and O–H groups in total. The summed E-state index contributed by atoms with van der Waals surface area (Å²) in [5.41, 5.74) is 0.361. The van der Waals surface area contributed by atoms with Crippen molar-refractivity contribution in [2.45, 2.75) is 37.7 Å². The van der Waals surface area contributed by atoms with E-state index >= 15 is 0 Å². The van der Waals surface area contributed by atoms with E-state index in [0.717, 1.165) is 15.0 Å². The number of aliphatic hydroxyl groups is 1. The van der Waals surface area contributed by atoms with Crippen LogP contribution >= 0.6 is 23.4 Å². The van der Waals surface area contributed by atoms with E-state index in [1.165, 1.54) is 35.3 Å². The first-order chi connectivity index (χ1) is 19.0. The van der Waals surface area contributed by atoms with Crippen molar-refractivity contribution in [3.8, 4) is 17.1 Å². The highest BCUT2D eigenvalue weighted by Gasteiger charge is 2.39. The van der Waals surface area contributed by atoms with Crippen LogP contribution < -0.4 is 5.69 Å². The predicted octanol–water partition coefficient (Wildman–Crippen LogP) is 3.45. The Morgan fingerprint density at radius 1 is 1.18 bits per heavy atom. The second kappa shape index (κ2) is 11.1. The molecular formula is C25H23ClF3N7O3S. The van der Waals surface area contributed by atoms with Gasteiger partial charge in [0.05, 0.1) is 23.2 Å². The first kappa shape index (κ1) is 27.9. The maximum Gasteiger partial charge on any atom is 0.416 e.